The molecule has 0 spiro atoms. The summed E-state index contributed by atoms with van der Waals surface area (Å²) < 4.78 is 1.41. The number of benzene rings is 1. The zero-order valence-electron chi connectivity index (χ0n) is 12.4. The summed E-state index contributed by atoms with van der Waals surface area (Å²) in [7, 11) is 0. The lowest BCUT2D eigenvalue weighted by Crippen LogP contribution is -2.08. The molecule has 2 aromatic rings. The van der Waals surface area contributed by atoms with Crippen molar-refractivity contribution in [2.45, 2.75) is 53.4 Å². The van der Waals surface area contributed by atoms with Gasteiger partial charge in [0.2, 0.25) is 0 Å². The van der Waals surface area contributed by atoms with Crippen molar-refractivity contribution < 1.29 is 0 Å². The van der Waals surface area contributed by atoms with E-state index in [4.69, 9.17) is 0 Å². The molecule has 0 saturated heterocycles. The van der Waals surface area contributed by atoms with Crippen molar-refractivity contribution in [3.05, 3.63) is 34.7 Å². The second-order valence-corrected chi connectivity index (χ2v) is 8.55. The molecule has 0 bridgehead atoms. The van der Waals surface area contributed by atoms with Crippen LogP contribution in [0.15, 0.2) is 24.3 Å². The Morgan fingerprint density at radius 2 is 1.61 bits per heavy atom. The van der Waals surface area contributed by atoms with Crippen molar-refractivity contribution in [1.29, 1.82) is 0 Å². The quantitative estimate of drug-likeness (QED) is 0.609. The second-order valence-electron chi connectivity index (χ2n) is 7.47. The van der Waals surface area contributed by atoms with Crippen LogP contribution < -0.4 is 0 Å². The van der Waals surface area contributed by atoms with Gasteiger partial charge >= 0.3 is 0 Å². The predicted octanol–water partition coefficient (Wildman–Crippen LogP) is 5.79. The van der Waals surface area contributed by atoms with Crippen LogP contribution in [0.1, 0.15) is 52.0 Å². The molecule has 0 amide bonds. The van der Waals surface area contributed by atoms with Crippen LogP contribution >= 0.6 is 11.3 Å². The molecule has 1 heteroatoms. The van der Waals surface area contributed by atoms with Gasteiger partial charge in [-0.25, -0.2) is 0 Å². The Morgan fingerprint density at radius 1 is 0.944 bits per heavy atom. The fraction of sp³-hybridized carbons (Fsp3) is 0.529. The predicted molar refractivity (Wildman–Crippen MR) is 83.7 cm³/mol. The summed E-state index contributed by atoms with van der Waals surface area (Å²) in [5, 5.41) is 1.41. The van der Waals surface area contributed by atoms with Gasteiger partial charge in [-0.1, -0.05) is 53.7 Å². The van der Waals surface area contributed by atoms with Gasteiger partial charge in [0.25, 0.3) is 0 Å². The van der Waals surface area contributed by atoms with Gasteiger partial charge in [-0.3, -0.25) is 0 Å². The minimum atomic E-state index is 0.258. The minimum Gasteiger partial charge on any atom is -0.140 e. The molecule has 0 aliphatic heterocycles. The highest BCUT2D eigenvalue weighted by Crippen LogP contribution is 2.35. The third-order valence-electron chi connectivity index (χ3n) is 3.05. The maximum atomic E-state index is 2.37. The number of fused-ring (bicyclic) bond motifs is 1. The molecular weight excluding hydrogens is 236 g/mol. The van der Waals surface area contributed by atoms with Crippen LogP contribution in [0.3, 0.4) is 0 Å². The first-order valence-electron chi connectivity index (χ1n) is 6.68. The molecule has 2 rings (SSSR count). The lowest BCUT2D eigenvalue weighted by atomic mass is 9.88. The molecule has 0 aliphatic rings. The smallest absolute Gasteiger partial charge is 0.0346 e. The third-order valence-corrected chi connectivity index (χ3v) is 4.60. The van der Waals surface area contributed by atoms with Crippen LogP contribution in [0.4, 0.5) is 0 Å². The zero-order chi connectivity index (χ0) is 13.6. The Balaban J connectivity index is 2.40. The molecule has 0 unspecified atom stereocenters. The van der Waals surface area contributed by atoms with E-state index in [1.54, 1.807) is 0 Å². The van der Waals surface area contributed by atoms with Gasteiger partial charge in [0.1, 0.15) is 0 Å². The van der Waals surface area contributed by atoms with Crippen LogP contribution in [0.5, 0.6) is 0 Å². The van der Waals surface area contributed by atoms with Gasteiger partial charge in [0.05, 0.1) is 0 Å². The van der Waals surface area contributed by atoms with Crippen molar-refractivity contribution in [3.8, 4) is 0 Å². The van der Waals surface area contributed by atoms with Crippen molar-refractivity contribution in [2.75, 3.05) is 0 Å². The number of hydrogen-bond acceptors (Lipinski definition) is 1. The van der Waals surface area contributed by atoms with E-state index < -0.39 is 0 Å². The van der Waals surface area contributed by atoms with Gasteiger partial charge in [-0.15, -0.1) is 11.3 Å². The fourth-order valence-electron chi connectivity index (χ4n) is 2.18. The van der Waals surface area contributed by atoms with E-state index in [0.717, 1.165) is 6.42 Å². The Labute approximate surface area is 115 Å². The summed E-state index contributed by atoms with van der Waals surface area (Å²) in [5.74, 6) is 0. The van der Waals surface area contributed by atoms with Crippen LogP contribution in [0, 0.1) is 5.41 Å². The minimum absolute atomic E-state index is 0.258. The summed E-state index contributed by atoms with van der Waals surface area (Å²) >= 11 is 1.93. The molecule has 0 nitrogen and oxygen atoms in total. The molecule has 1 aromatic carbocycles. The first-order valence-corrected chi connectivity index (χ1v) is 7.50. The van der Waals surface area contributed by atoms with Crippen molar-refractivity contribution in [1.82, 2.24) is 0 Å². The van der Waals surface area contributed by atoms with E-state index in [2.05, 4.69) is 65.8 Å². The van der Waals surface area contributed by atoms with Crippen LogP contribution in [0.2, 0.25) is 0 Å². The van der Waals surface area contributed by atoms with Gasteiger partial charge < -0.3 is 0 Å². The van der Waals surface area contributed by atoms with Crippen LogP contribution in [-0.4, -0.2) is 0 Å². The van der Waals surface area contributed by atoms with E-state index in [1.165, 1.54) is 20.5 Å². The molecule has 1 aromatic heterocycles. The summed E-state index contributed by atoms with van der Waals surface area (Å²) in [4.78, 5) is 1.48. The summed E-state index contributed by atoms with van der Waals surface area (Å²) in [6.45, 7) is 13.7. The molecule has 98 valence electrons. The molecule has 18 heavy (non-hydrogen) atoms. The standard InChI is InChI=1S/C17H24S/c1-16(2,3)11-12-7-8-14-13(9-12)10-15(18-14)17(4,5)6/h7-10H,11H2,1-6H3. The number of thiophene rings is 1. The van der Waals surface area contributed by atoms with E-state index in [0.29, 0.717) is 5.41 Å². The summed E-state index contributed by atoms with van der Waals surface area (Å²) in [6, 6.07) is 9.31. The molecule has 0 aliphatic carbocycles. The normalized spacial score (nSPS) is 13.2. The van der Waals surface area contributed by atoms with Crippen molar-refractivity contribution in [3.63, 3.8) is 0 Å². The SMILES string of the molecule is CC(C)(C)Cc1ccc2sc(C(C)(C)C)cc2c1. The first-order chi connectivity index (χ1) is 8.15. The molecule has 0 saturated carbocycles. The van der Waals surface area contributed by atoms with E-state index in [9.17, 15) is 0 Å². The van der Waals surface area contributed by atoms with E-state index in [-0.39, 0.29) is 5.41 Å². The lowest BCUT2D eigenvalue weighted by molar-refractivity contribution is 0.411. The van der Waals surface area contributed by atoms with E-state index in [1.807, 2.05) is 11.3 Å². The highest BCUT2D eigenvalue weighted by molar-refractivity contribution is 7.19. The van der Waals surface area contributed by atoms with Crippen LogP contribution in [0.25, 0.3) is 10.1 Å². The van der Waals surface area contributed by atoms with Gasteiger partial charge in [-0.05, 0) is 40.3 Å². The van der Waals surface area contributed by atoms with Crippen LogP contribution in [-0.2, 0) is 11.8 Å². The number of hydrogen-bond donors (Lipinski definition) is 0. The Morgan fingerprint density at radius 3 is 2.17 bits per heavy atom. The topological polar surface area (TPSA) is 0 Å². The lowest BCUT2D eigenvalue weighted by Gasteiger charge is -2.17. The van der Waals surface area contributed by atoms with E-state index >= 15 is 0 Å². The van der Waals surface area contributed by atoms with Crippen molar-refractivity contribution >= 4 is 21.4 Å². The Kier molecular flexibility index (Phi) is 3.31. The average molecular weight is 260 g/mol. The Bertz CT molecular complexity index is 547. The Hall–Kier alpha value is -0.820. The average Bonchev–Trinajstić information content (AvgIpc) is 2.57. The highest BCUT2D eigenvalue weighted by Gasteiger charge is 2.17. The summed E-state index contributed by atoms with van der Waals surface area (Å²) in [5.41, 5.74) is 2.07. The zero-order valence-corrected chi connectivity index (χ0v) is 13.2. The largest absolute Gasteiger partial charge is 0.140 e. The highest BCUT2D eigenvalue weighted by atomic mass is 32.1. The molecule has 0 fully saturated rings. The third kappa shape index (κ3) is 3.14. The summed E-state index contributed by atoms with van der Waals surface area (Å²) in [6.07, 6.45) is 1.14. The van der Waals surface area contributed by atoms with Gasteiger partial charge in [-0.2, -0.15) is 0 Å². The molecule has 0 atom stereocenters. The first kappa shape index (κ1) is 13.6. The molecule has 0 radical (unpaired) electrons. The molecule has 1 heterocycles. The van der Waals surface area contributed by atoms with Gasteiger partial charge in [0.15, 0.2) is 0 Å². The second kappa shape index (κ2) is 4.38. The van der Waals surface area contributed by atoms with Crippen molar-refractivity contribution in [2.24, 2.45) is 5.41 Å². The monoisotopic (exact) mass is 260 g/mol. The fourth-order valence-corrected chi connectivity index (χ4v) is 3.29. The molecule has 0 N–H and O–H groups in total. The molecular formula is C17H24S. The maximum Gasteiger partial charge on any atom is 0.0346 e. The van der Waals surface area contributed by atoms with Gasteiger partial charge in [0, 0.05) is 9.58 Å². The maximum absolute atomic E-state index is 2.37. The number of rotatable bonds is 1.